The first-order chi connectivity index (χ1) is 13.0. The van der Waals surface area contributed by atoms with E-state index < -0.39 is 34.9 Å². The molecule has 9 heteroatoms. The quantitative estimate of drug-likeness (QED) is 0.312. The van der Waals surface area contributed by atoms with Gasteiger partial charge in [-0.15, -0.1) is 0 Å². The van der Waals surface area contributed by atoms with Crippen LogP contribution >= 0.6 is 0 Å². The summed E-state index contributed by atoms with van der Waals surface area (Å²) in [6.45, 7) is -0.228. The van der Waals surface area contributed by atoms with E-state index >= 15 is 0 Å². The lowest BCUT2D eigenvalue weighted by Crippen LogP contribution is -2.21. The molecule has 142 valence electrons. The van der Waals surface area contributed by atoms with Gasteiger partial charge in [0.2, 0.25) is 5.82 Å². The Morgan fingerprint density at radius 2 is 1.89 bits per heavy atom. The van der Waals surface area contributed by atoms with Crippen LogP contribution in [0.1, 0.15) is 12.8 Å². The molecule has 8 nitrogen and oxygen atoms in total. The van der Waals surface area contributed by atoms with Crippen molar-refractivity contribution in [2.24, 2.45) is 0 Å². The molecule has 0 aliphatic carbocycles. The van der Waals surface area contributed by atoms with Crippen LogP contribution in [0.15, 0.2) is 48.5 Å². The van der Waals surface area contributed by atoms with Gasteiger partial charge >= 0.3 is 11.7 Å². The number of hydrogen-bond donors (Lipinski definition) is 1. The van der Waals surface area contributed by atoms with Crippen molar-refractivity contribution in [2.75, 3.05) is 18.5 Å². The van der Waals surface area contributed by atoms with Gasteiger partial charge in [-0.25, -0.2) is 0 Å². The molecule has 0 aromatic heterocycles. The van der Waals surface area contributed by atoms with E-state index in [0.29, 0.717) is 18.8 Å². The van der Waals surface area contributed by atoms with Crippen LogP contribution in [0.25, 0.3) is 0 Å². The molecule has 0 aliphatic heterocycles. The van der Waals surface area contributed by atoms with Gasteiger partial charge in [-0.05, 0) is 30.7 Å². The van der Waals surface area contributed by atoms with Gasteiger partial charge in [0.15, 0.2) is 6.61 Å². The monoisotopic (exact) mass is 376 g/mol. The Balaban J connectivity index is 1.68. The molecule has 0 saturated heterocycles. The van der Waals surface area contributed by atoms with Crippen LogP contribution in [0.3, 0.4) is 0 Å². The highest BCUT2D eigenvalue weighted by atomic mass is 19.1. The molecule has 1 N–H and O–H groups in total. The van der Waals surface area contributed by atoms with E-state index in [1.807, 2.05) is 18.2 Å². The first kappa shape index (κ1) is 19.8. The van der Waals surface area contributed by atoms with Crippen LogP contribution < -0.4 is 10.1 Å². The van der Waals surface area contributed by atoms with Crippen LogP contribution in [0.5, 0.6) is 5.75 Å². The van der Waals surface area contributed by atoms with Crippen molar-refractivity contribution >= 4 is 23.3 Å². The zero-order chi connectivity index (χ0) is 19.6. The predicted molar refractivity (Wildman–Crippen MR) is 93.8 cm³/mol. The number of carbonyl (C=O) groups is 2. The lowest BCUT2D eigenvalue weighted by molar-refractivity contribution is -0.387. The van der Waals surface area contributed by atoms with E-state index in [0.717, 1.165) is 12.1 Å². The molecule has 2 rings (SSSR count). The van der Waals surface area contributed by atoms with Crippen LogP contribution in [-0.2, 0) is 14.3 Å². The van der Waals surface area contributed by atoms with Crippen molar-refractivity contribution in [3.05, 3.63) is 64.5 Å². The average Bonchev–Trinajstić information content (AvgIpc) is 2.66. The molecule has 0 unspecified atom stereocenters. The van der Waals surface area contributed by atoms with Crippen molar-refractivity contribution in [1.82, 2.24) is 0 Å². The molecule has 0 spiro atoms. The second-order valence-electron chi connectivity index (χ2n) is 5.40. The molecule has 0 radical (unpaired) electrons. The van der Waals surface area contributed by atoms with E-state index in [9.17, 15) is 24.1 Å². The second kappa shape index (κ2) is 9.85. The van der Waals surface area contributed by atoms with Crippen LogP contribution in [0.2, 0.25) is 0 Å². The lowest BCUT2D eigenvalue weighted by Gasteiger charge is -2.08. The smallest absolute Gasteiger partial charge is 0.306 e. The third-order valence-corrected chi connectivity index (χ3v) is 3.33. The minimum Gasteiger partial charge on any atom is -0.494 e. The van der Waals surface area contributed by atoms with Gasteiger partial charge in [0, 0.05) is 18.2 Å². The molecule has 1 amide bonds. The van der Waals surface area contributed by atoms with Crippen LogP contribution in [0.4, 0.5) is 15.8 Å². The standard InChI is InChI=1S/C18H17FN2O6/c19-15-9-8-13(11-16(15)21(24)25)20-17(22)12-27-18(23)7-4-10-26-14-5-2-1-3-6-14/h1-3,5-6,8-9,11H,4,7,10,12H2,(H,20,22). The topological polar surface area (TPSA) is 108 Å². The number of para-hydroxylation sites is 1. The van der Waals surface area contributed by atoms with Crippen LogP contribution in [0, 0.1) is 15.9 Å². The zero-order valence-electron chi connectivity index (χ0n) is 14.2. The summed E-state index contributed by atoms with van der Waals surface area (Å²) >= 11 is 0. The summed E-state index contributed by atoms with van der Waals surface area (Å²) in [6, 6.07) is 12.0. The summed E-state index contributed by atoms with van der Waals surface area (Å²) < 4.78 is 23.5. The fraction of sp³-hybridized carbons (Fsp3) is 0.222. The van der Waals surface area contributed by atoms with Gasteiger partial charge in [-0.1, -0.05) is 18.2 Å². The Kier molecular flexibility index (Phi) is 7.24. The van der Waals surface area contributed by atoms with Gasteiger partial charge in [-0.2, -0.15) is 4.39 Å². The SMILES string of the molecule is O=C(COC(=O)CCCOc1ccccc1)Nc1ccc(F)c([N+](=O)[O-])c1. The number of anilines is 1. The number of nitrogens with one attached hydrogen (secondary N) is 1. The van der Waals surface area contributed by atoms with Crippen molar-refractivity contribution in [3.8, 4) is 5.75 Å². The maximum Gasteiger partial charge on any atom is 0.306 e. The number of nitro benzene ring substituents is 1. The van der Waals surface area contributed by atoms with Crippen molar-refractivity contribution in [1.29, 1.82) is 0 Å². The summed E-state index contributed by atoms with van der Waals surface area (Å²) in [5.74, 6) is -1.59. The molecule has 0 heterocycles. The molecule has 0 bridgehead atoms. The average molecular weight is 376 g/mol. The molecule has 0 aliphatic rings. The molecular weight excluding hydrogens is 359 g/mol. The maximum atomic E-state index is 13.2. The maximum absolute atomic E-state index is 13.2. The summed E-state index contributed by atoms with van der Waals surface area (Å²) in [7, 11) is 0. The van der Waals surface area contributed by atoms with Gasteiger partial charge in [0.25, 0.3) is 5.91 Å². The van der Waals surface area contributed by atoms with E-state index in [-0.39, 0.29) is 12.1 Å². The van der Waals surface area contributed by atoms with Crippen molar-refractivity contribution in [2.45, 2.75) is 12.8 Å². The van der Waals surface area contributed by atoms with E-state index in [1.165, 1.54) is 6.07 Å². The number of esters is 1. The van der Waals surface area contributed by atoms with E-state index in [2.05, 4.69) is 5.32 Å². The molecular formula is C18H17FN2O6. The van der Waals surface area contributed by atoms with Gasteiger partial charge < -0.3 is 14.8 Å². The Morgan fingerprint density at radius 1 is 1.15 bits per heavy atom. The Bertz CT molecular complexity index is 813. The first-order valence-electron chi connectivity index (χ1n) is 8.03. The number of halogens is 1. The largest absolute Gasteiger partial charge is 0.494 e. The third-order valence-electron chi connectivity index (χ3n) is 3.33. The number of rotatable bonds is 9. The minimum atomic E-state index is -1.01. The molecule has 0 atom stereocenters. The Morgan fingerprint density at radius 3 is 2.59 bits per heavy atom. The summed E-state index contributed by atoms with van der Waals surface area (Å²) in [6.07, 6.45) is 0.488. The first-order valence-corrected chi connectivity index (χ1v) is 8.03. The molecule has 0 saturated carbocycles. The predicted octanol–water partition coefficient (Wildman–Crippen LogP) is 3.07. The molecule has 2 aromatic carbocycles. The number of carbonyl (C=O) groups excluding carboxylic acids is 2. The molecule has 27 heavy (non-hydrogen) atoms. The van der Waals surface area contributed by atoms with Gasteiger partial charge in [-0.3, -0.25) is 19.7 Å². The Hall–Kier alpha value is -3.49. The van der Waals surface area contributed by atoms with Gasteiger partial charge in [0.05, 0.1) is 11.5 Å². The molecule has 2 aromatic rings. The number of ether oxygens (including phenoxy) is 2. The normalized spacial score (nSPS) is 10.1. The van der Waals surface area contributed by atoms with E-state index in [4.69, 9.17) is 9.47 Å². The highest BCUT2D eigenvalue weighted by Crippen LogP contribution is 2.21. The fourth-order valence-electron chi connectivity index (χ4n) is 2.07. The van der Waals surface area contributed by atoms with Crippen LogP contribution in [-0.4, -0.2) is 30.0 Å². The van der Waals surface area contributed by atoms with Crippen molar-refractivity contribution < 1.29 is 28.4 Å². The number of benzene rings is 2. The van der Waals surface area contributed by atoms with Crippen molar-refractivity contribution in [3.63, 3.8) is 0 Å². The highest BCUT2D eigenvalue weighted by Gasteiger charge is 2.15. The number of nitro groups is 1. The lowest BCUT2D eigenvalue weighted by atomic mass is 10.2. The summed E-state index contributed by atoms with van der Waals surface area (Å²) in [4.78, 5) is 33.1. The summed E-state index contributed by atoms with van der Waals surface area (Å²) in [5.41, 5.74) is -0.733. The Labute approximate surface area is 154 Å². The highest BCUT2D eigenvalue weighted by molar-refractivity contribution is 5.93. The third kappa shape index (κ3) is 6.73. The minimum absolute atomic E-state index is 0.0282. The number of nitrogens with zero attached hydrogens (tertiary/aromatic N) is 1. The number of amides is 1. The molecule has 0 fully saturated rings. The second-order valence-corrected chi connectivity index (χ2v) is 5.40. The van der Waals surface area contributed by atoms with Gasteiger partial charge in [0.1, 0.15) is 5.75 Å². The number of hydrogen-bond acceptors (Lipinski definition) is 6. The van der Waals surface area contributed by atoms with E-state index in [1.54, 1.807) is 12.1 Å². The fourth-order valence-corrected chi connectivity index (χ4v) is 2.07. The summed E-state index contributed by atoms with van der Waals surface area (Å²) in [5, 5.41) is 13.0. The zero-order valence-corrected chi connectivity index (χ0v) is 14.2.